The van der Waals surface area contributed by atoms with E-state index in [9.17, 15) is 4.79 Å². The molecule has 23 heavy (non-hydrogen) atoms. The zero-order valence-electron chi connectivity index (χ0n) is 14.3. The Morgan fingerprint density at radius 2 is 1.91 bits per heavy atom. The van der Waals surface area contributed by atoms with Crippen LogP contribution in [0.3, 0.4) is 0 Å². The number of epoxide rings is 1. The third-order valence-electron chi connectivity index (χ3n) is 4.06. The van der Waals surface area contributed by atoms with Gasteiger partial charge in [0.2, 0.25) is 0 Å². The predicted octanol–water partition coefficient (Wildman–Crippen LogP) is 4.37. The fourth-order valence-electron chi connectivity index (χ4n) is 2.27. The van der Waals surface area contributed by atoms with Gasteiger partial charge in [0.25, 0.3) is 0 Å². The first-order valence-electron chi connectivity index (χ1n) is 8.74. The van der Waals surface area contributed by atoms with Crippen LogP contribution in [0.1, 0.15) is 62.7 Å². The molecule has 0 aliphatic carbocycles. The Balaban J connectivity index is 1.59. The van der Waals surface area contributed by atoms with Crippen molar-refractivity contribution in [3.8, 4) is 5.75 Å². The van der Waals surface area contributed by atoms with Gasteiger partial charge in [-0.3, -0.25) is 0 Å². The summed E-state index contributed by atoms with van der Waals surface area (Å²) >= 11 is 0. The lowest BCUT2D eigenvalue weighted by Crippen LogP contribution is -2.13. The van der Waals surface area contributed by atoms with Gasteiger partial charge in [0.15, 0.2) is 0 Å². The number of esters is 1. The molecule has 1 saturated heterocycles. The minimum atomic E-state index is -0.273. The van der Waals surface area contributed by atoms with Crippen LogP contribution < -0.4 is 4.74 Å². The lowest BCUT2D eigenvalue weighted by Gasteiger charge is -2.11. The first-order chi connectivity index (χ1) is 11.2. The van der Waals surface area contributed by atoms with E-state index < -0.39 is 0 Å². The zero-order valence-corrected chi connectivity index (χ0v) is 14.3. The van der Waals surface area contributed by atoms with Crippen molar-refractivity contribution in [1.29, 1.82) is 0 Å². The summed E-state index contributed by atoms with van der Waals surface area (Å²) in [5.41, 5.74) is 0.569. The molecule has 1 heterocycles. The highest BCUT2D eigenvalue weighted by Gasteiger charge is 2.20. The molecule has 0 amide bonds. The van der Waals surface area contributed by atoms with Crippen molar-refractivity contribution in [1.82, 2.24) is 0 Å². The van der Waals surface area contributed by atoms with Crippen molar-refractivity contribution in [3.63, 3.8) is 0 Å². The summed E-state index contributed by atoms with van der Waals surface area (Å²) in [6.07, 6.45) is 7.26. The molecule has 4 nitrogen and oxygen atoms in total. The van der Waals surface area contributed by atoms with E-state index in [0.29, 0.717) is 11.7 Å². The second kappa shape index (κ2) is 9.56. The molecule has 2 unspecified atom stereocenters. The molecular formula is C19H28O4. The summed E-state index contributed by atoms with van der Waals surface area (Å²) in [5, 5.41) is 0. The van der Waals surface area contributed by atoms with Gasteiger partial charge >= 0.3 is 5.97 Å². The first-order valence-corrected chi connectivity index (χ1v) is 8.74. The van der Waals surface area contributed by atoms with E-state index in [-0.39, 0.29) is 12.1 Å². The Kier molecular flexibility index (Phi) is 7.40. The lowest BCUT2D eigenvalue weighted by molar-refractivity contribution is 0.0334. The molecular weight excluding hydrogens is 292 g/mol. The molecule has 1 aliphatic heterocycles. The summed E-state index contributed by atoms with van der Waals surface area (Å²) in [5.74, 6) is 0.530. The van der Waals surface area contributed by atoms with E-state index in [4.69, 9.17) is 14.2 Å². The normalized spacial score (nSPS) is 17.6. The summed E-state index contributed by atoms with van der Waals surface area (Å²) in [4.78, 5) is 11.9. The van der Waals surface area contributed by atoms with Crippen molar-refractivity contribution < 1.29 is 19.0 Å². The van der Waals surface area contributed by atoms with Crippen molar-refractivity contribution in [3.05, 3.63) is 29.8 Å². The van der Waals surface area contributed by atoms with Crippen LogP contribution in [-0.2, 0) is 9.47 Å². The number of carbonyl (C=O) groups excluding carboxylic acids is 1. The predicted molar refractivity (Wildman–Crippen MR) is 89.9 cm³/mol. The molecule has 2 rings (SSSR count). The maximum absolute atomic E-state index is 11.9. The van der Waals surface area contributed by atoms with Crippen LogP contribution in [0.15, 0.2) is 24.3 Å². The van der Waals surface area contributed by atoms with Crippen LogP contribution in [0.25, 0.3) is 0 Å². The SMILES string of the molecule is CCC(C)OC(=O)c1ccc(OCCCCCCC2CO2)cc1. The summed E-state index contributed by atoms with van der Waals surface area (Å²) in [6.45, 7) is 5.57. The highest BCUT2D eigenvalue weighted by Crippen LogP contribution is 2.18. The molecule has 0 radical (unpaired) electrons. The quantitative estimate of drug-likeness (QED) is 0.345. The van der Waals surface area contributed by atoms with E-state index >= 15 is 0 Å². The standard InChI is InChI=1S/C19H28O4/c1-3-15(2)23-19(20)16-9-11-17(12-10-16)21-13-7-5-4-6-8-18-14-22-18/h9-12,15,18H,3-8,13-14H2,1-2H3. The lowest BCUT2D eigenvalue weighted by atomic mass is 10.1. The second-order valence-electron chi connectivity index (χ2n) is 6.16. The monoisotopic (exact) mass is 320 g/mol. The molecule has 128 valence electrons. The van der Waals surface area contributed by atoms with E-state index in [1.54, 1.807) is 12.1 Å². The molecule has 0 bridgehead atoms. The van der Waals surface area contributed by atoms with Crippen LogP contribution in [0.2, 0.25) is 0 Å². The first kappa shape index (κ1) is 17.8. The highest BCUT2D eigenvalue weighted by molar-refractivity contribution is 5.89. The van der Waals surface area contributed by atoms with Gasteiger partial charge in [0.1, 0.15) is 5.75 Å². The van der Waals surface area contributed by atoms with Crippen LogP contribution in [0.4, 0.5) is 0 Å². The van der Waals surface area contributed by atoms with E-state index in [1.807, 2.05) is 26.0 Å². The van der Waals surface area contributed by atoms with Crippen molar-refractivity contribution >= 4 is 5.97 Å². The van der Waals surface area contributed by atoms with Gasteiger partial charge in [-0.2, -0.15) is 0 Å². The second-order valence-corrected chi connectivity index (χ2v) is 6.16. The van der Waals surface area contributed by atoms with Crippen LogP contribution in [-0.4, -0.2) is 31.4 Å². The molecule has 1 fully saturated rings. The molecule has 0 aromatic heterocycles. The smallest absolute Gasteiger partial charge is 0.338 e. The van der Waals surface area contributed by atoms with Gasteiger partial charge < -0.3 is 14.2 Å². The maximum Gasteiger partial charge on any atom is 0.338 e. The number of ether oxygens (including phenoxy) is 3. The van der Waals surface area contributed by atoms with E-state index in [0.717, 1.165) is 31.8 Å². The molecule has 0 saturated carbocycles. The molecule has 1 aromatic carbocycles. The van der Waals surface area contributed by atoms with Gasteiger partial charge in [-0.15, -0.1) is 0 Å². The van der Waals surface area contributed by atoms with Crippen LogP contribution in [0, 0.1) is 0 Å². The fraction of sp³-hybridized carbons (Fsp3) is 0.632. The third-order valence-corrected chi connectivity index (χ3v) is 4.06. The highest BCUT2D eigenvalue weighted by atomic mass is 16.6. The van der Waals surface area contributed by atoms with Gasteiger partial charge in [0, 0.05) is 0 Å². The molecule has 0 spiro atoms. The Morgan fingerprint density at radius 3 is 2.57 bits per heavy atom. The molecule has 1 aromatic rings. The van der Waals surface area contributed by atoms with Crippen molar-refractivity contribution in [2.45, 2.75) is 64.6 Å². The topological polar surface area (TPSA) is 48.1 Å². The number of hydrogen-bond donors (Lipinski definition) is 0. The summed E-state index contributed by atoms with van der Waals surface area (Å²) in [7, 11) is 0. The van der Waals surface area contributed by atoms with Gasteiger partial charge in [-0.1, -0.05) is 26.2 Å². The maximum atomic E-state index is 11.9. The minimum absolute atomic E-state index is 0.0510. The zero-order chi connectivity index (χ0) is 16.5. The Labute approximate surface area is 139 Å². The largest absolute Gasteiger partial charge is 0.494 e. The number of hydrogen-bond acceptors (Lipinski definition) is 4. The van der Waals surface area contributed by atoms with Crippen LogP contribution in [0.5, 0.6) is 5.75 Å². The number of benzene rings is 1. The molecule has 1 aliphatic rings. The number of rotatable bonds is 11. The van der Waals surface area contributed by atoms with Gasteiger partial charge in [-0.05, 0) is 50.5 Å². The van der Waals surface area contributed by atoms with Gasteiger partial charge in [-0.25, -0.2) is 4.79 Å². The Bertz CT molecular complexity index is 465. The van der Waals surface area contributed by atoms with Crippen molar-refractivity contribution in [2.75, 3.05) is 13.2 Å². The Hall–Kier alpha value is -1.55. The Morgan fingerprint density at radius 1 is 1.22 bits per heavy atom. The fourth-order valence-corrected chi connectivity index (χ4v) is 2.27. The minimum Gasteiger partial charge on any atom is -0.494 e. The summed E-state index contributed by atoms with van der Waals surface area (Å²) in [6, 6.07) is 7.18. The van der Waals surface area contributed by atoms with Crippen molar-refractivity contribution in [2.24, 2.45) is 0 Å². The third kappa shape index (κ3) is 7.04. The molecule has 2 atom stereocenters. The molecule has 0 N–H and O–H groups in total. The van der Waals surface area contributed by atoms with E-state index in [1.165, 1.54) is 25.7 Å². The number of unbranched alkanes of at least 4 members (excludes halogenated alkanes) is 3. The van der Waals surface area contributed by atoms with Gasteiger partial charge in [0.05, 0.1) is 31.0 Å². The average molecular weight is 320 g/mol. The summed E-state index contributed by atoms with van der Waals surface area (Å²) < 4.78 is 16.2. The number of carbonyl (C=O) groups is 1. The van der Waals surface area contributed by atoms with E-state index in [2.05, 4.69) is 0 Å². The average Bonchev–Trinajstić information content (AvgIpc) is 3.38. The van der Waals surface area contributed by atoms with Crippen LogP contribution >= 0.6 is 0 Å². The molecule has 4 heteroatoms.